The van der Waals surface area contributed by atoms with Crippen molar-refractivity contribution in [3.63, 3.8) is 0 Å². The fourth-order valence-electron chi connectivity index (χ4n) is 2.89. The summed E-state index contributed by atoms with van der Waals surface area (Å²) in [5.74, 6) is 0. The summed E-state index contributed by atoms with van der Waals surface area (Å²) in [4.78, 5) is 12.1. The van der Waals surface area contributed by atoms with E-state index in [0.29, 0.717) is 5.69 Å². The quantitative estimate of drug-likeness (QED) is 0.897. The maximum absolute atomic E-state index is 12.1. The summed E-state index contributed by atoms with van der Waals surface area (Å²) in [7, 11) is 0. The van der Waals surface area contributed by atoms with Crippen molar-refractivity contribution in [2.24, 2.45) is 0 Å². The van der Waals surface area contributed by atoms with Crippen LogP contribution in [-0.2, 0) is 11.3 Å². The predicted molar refractivity (Wildman–Crippen MR) is 82.3 cm³/mol. The number of nitrogens with zero attached hydrogens (tertiary/aromatic N) is 2. The van der Waals surface area contributed by atoms with Gasteiger partial charge in [-0.3, -0.25) is 4.68 Å². The number of nitrogens with one attached hydrogen (secondary N) is 2. The van der Waals surface area contributed by atoms with Gasteiger partial charge in [-0.1, -0.05) is 6.92 Å². The highest BCUT2D eigenvalue weighted by molar-refractivity contribution is 5.89. The summed E-state index contributed by atoms with van der Waals surface area (Å²) >= 11 is 0. The van der Waals surface area contributed by atoms with Gasteiger partial charge in [0.2, 0.25) is 0 Å². The van der Waals surface area contributed by atoms with E-state index in [9.17, 15) is 4.79 Å². The lowest BCUT2D eigenvalue weighted by molar-refractivity contribution is -0.0689. The van der Waals surface area contributed by atoms with E-state index in [0.717, 1.165) is 19.4 Å². The minimum absolute atomic E-state index is 0.0156. The molecule has 21 heavy (non-hydrogen) atoms. The number of aromatic nitrogens is 2. The molecule has 1 atom stereocenters. The van der Waals surface area contributed by atoms with Crippen molar-refractivity contribution >= 4 is 11.7 Å². The van der Waals surface area contributed by atoms with Gasteiger partial charge in [0, 0.05) is 12.7 Å². The average molecular weight is 294 g/mol. The topological polar surface area (TPSA) is 68.2 Å². The minimum Gasteiger partial charge on any atom is -0.367 e. The molecule has 6 nitrogen and oxygen atoms in total. The minimum atomic E-state index is -0.368. The molecule has 2 amide bonds. The summed E-state index contributed by atoms with van der Waals surface area (Å²) in [6, 6.07) is -0.233. The SMILES string of the molecule is CCCn1cc(NC(=O)N[C@H]2CC(C)(C)OC2(C)C)cn1. The Hall–Kier alpha value is -1.56. The lowest BCUT2D eigenvalue weighted by Gasteiger charge is -2.27. The van der Waals surface area contributed by atoms with Crippen molar-refractivity contribution in [3.05, 3.63) is 12.4 Å². The van der Waals surface area contributed by atoms with Gasteiger partial charge in [0.15, 0.2) is 0 Å². The molecule has 118 valence electrons. The lowest BCUT2D eigenvalue weighted by atomic mass is 9.95. The zero-order valence-corrected chi connectivity index (χ0v) is 13.6. The highest BCUT2D eigenvalue weighted by Gasteiger charge is 2.46. The molecule has 0 aliphatic carbocycles. The van der Waals surface area contributed by atoms with Crippen LogP contribution >= 0.6 is 0 Å². The first-order chi connectivity index (χ1) is 9.72. The number of amides is 2. The smallest absolute Gasteiger partial charge is 0.319 e. The number of carbonyl (C=O) groups is 1. The molecule has 0 bridgehead atoms. The van der Waals surface area contributed by atoms with Crippen molar-refractivity contribution in [2.75, 3.05) is 5.32 Å². The van der Waals surface area contributed by atoms with Crippen LogP contribution in [0.15, 0.2) is 12.4 Å². The van der Waals surface area contributed by atoms with Gasteiger partial charge >= 0.3 is 6.03 Å². The van der Waals surface area contributed by atoms with Gasteiger partial charge in [-0.05, 0) is 40.5 Å². The van der Waals surface area contributed by atoms with Crippen molar-refractivity contribution in [3.8, 4) is 0 Å². The predicted octanol–water partition coefficient (Wildman–Crippen LogP) is 2.76. The summed E-state index contributed by atoms with van der Waals surface area (Å²) in [5, 5.41) is 10.0. The fourth-order valence-corrected chi connectivity index (χ4v) is 2.89. The van der Waals surface area contributed by atoms with E-state index in [1.54, 1.807) is 6.20 Å². The molecular weight excluding hydrogens is 268 g/mol. The van der Waals surface area contributed by atoms with E-state index in [4.69, 9.17) is 4.74 Å². The maximum atomic E-state index is 12.1. The molecule has 0 unspecified atom stereocenters. The molecule has 2 heterocycles. The lowest BCUT2D eigenvalue weighted by Crippen LogP contribution is -2.47. The zero-order chi connectivity index (χ0) is 15.7. The number of anilines is 1. The molecule has 1 aliphatic rings. The third-order valence-corrected chi connectivity index (χ3v) is 3.72. The molecule has 0 radical (unpaired) electrons. The van der Waals surface area contributed by atoms with Gasteiger partial charge in [0.1, 0.15) is 0 Å². The molecule has 0 saturated carbocycles. The summed E-state index contributed by atoms with van der Waals surface area (Å²) in [6.07, 6.45) is 5.30. The molecule has 1 aliphatic heterocycles. The van der Waals surface area contributed by atoms with Crippen LogP contribution in [0.3, 0.4) is 0 Å². The summed E-state index contributed by atoms with van der Waals surface area (Å²) < 4.78 is 7.80. The van der Waals surface area contributed by atoms with Crippen LogP contribution in [0.2, 0.25) is 0 Å². The highest BCUT2D eigenvalue weighted by atomic mass is 16.5. The Kier molecular flexibility index (Phi) is 4.27. The largest absolute Gasteiger partial charge is 0.367 e. The third-order valence-electron chi connectivity index (χ3n) is 3.72. The van der Waals surface area contributed by atoms with Crippen LogP contribution in [0, 0.1) is 0 Å². The number of carbonyl (C=O) groups excluding carboxylic acids is 1. The number of urea groups is 1. The van der Waals surface area contributed by atoms with Gasteiger partial charge in [-0.2, -0.15) is 5.10 Å². The Labute approximate surface area is 126 Å². The monoisotopic (exact) mass is 294 g/mol. The van der Waals surface area contributed by atoms with E-state index >= 15 is 0 Å². The van der Waals surface area contributed by atoms with Crippen LogP contribution < -0.4 is 10.6 Å². The van der Waals surface area contributed by atoms with Gasteiger partial charge in [0.25, 0.3) is 0 Å². The van der Waals surface area contributed by atoms with E-state index in [1.807, 2.05) is 38.6 Å². The first kappa shape index (κ1) is 15.8. The Morgan fingerprint density at radius 1 is 1.48 bits per heavy atom. The van der Waals surface area contributed by atoms with E-state index in [2.05, 4.69) is 22.7 Å². The molecule has 0 aromatic carbocycles. The molecule has 1 fully saturated rings. The molecule has 2 N–H and O–H groups in total. The molecule has 6 heteroatoms. The second kappa shape index (κ2) is 5.67. The molecule has 0 spiro atoms. The van der Waals surface area contributed by atoms with Crippen LogP contribution in [-0.4, -0.2) is 33.1 Å². The van der Waals surface area contributed by atoms with Crippen molar-refractivity contribution in [2.45, 2.75) is 71.2 Å². The molecular formula is C15H26N4O2. The standard InChI is InChI=1S/C15H26N4O2/c1-6-7-19-10-11(9-16-19)17-13(20)18-12-8-14(2,3)21-15(12,4)5/h9-10,12H,6-8H2,1-5H3,(H2,17,18,20)/t12-/m0/s1. The van der Waals surface area contributed by atoms with Crippen LogP contribution in [0.25, 0.3) is 0 Å². The molecule has 1 saturated heterocycles. The molecule has 1 aromatic heterocycles. The number of ether oxygens (including phenoxy) is 1. The second-order valence-electron chi connectivity index (χ2n) is 6.81. The Balaban J connectivity index is 1.92. The summed E-state index contributed by atoms with van der Waals surface area (Å²) in [6.45, 7) is 11.0. The number of aryl methyl sites for hydroxylation is 1. The maximum Gasteiger partial charge on any atom is 0.319 e. The second-order valence-corrected chi connectivity index (χ2v) is 6.81. The van der Waals surface area contributed by atoms with E-state index in [1.165, 1.54) is 0 Å². The molecule has 2 rings (SSSR count). The zero-order valence-electron chi connectivity index (χ0n) is 13.6. The van der Waals surface area contributed by atoms with Gasteiger partial charge < -0.3 is 15.4 Å². The van der Waals surface area contributed by atoms with Gasteiger partial charge in [0.05, 0.1) is 29.1 Å². The first-order valence-electron chi connectivity index (χ1n) is 7.52. The van der Waals surface area contributed by atoms with Gasteiger partial charge in [-0.25, -0.2) is 4.79 Å². The third kappa shape index (κ3) is 3.97. The number of hydrogen-bond donors (Lipinski definition) is 2. The van der Waals surface area contributed by atoms with Crippen molar-refractivity contribution in [1.82, 2.24) is 15.1 Å². The fraction of sp³-hybridized carbons (Fsp3) is 0.733. The Morgan fingerprint density at radius 2 is 2.19 bits per heavy atom. The first-order valence-corrected chi connectivity index (χ1v) is 7.52. The molecule has 1 aromatic rings. The van der Waals surface area contributed by atoms with Gasteiger partial charge in [-0.15, -0.1) is 0 Å². The van der Waals surface area contributed by atoms with E-state index < -0.39 is 0 Å². The number of hydrogen-bond acceptors (Lipinski definition) is 3. The highest BCUT2D eigenvalue weighted by Crippen LogP contribution is 2.37. The van der Waals surface area contributed by atoms with Crippen molar-refractivity contribution in [1.29, 1.82) is 0 Å². The van der Waals surface area contributed by atoms with Crippen LogP contribution in [0.5, 0.6) is 0 Å². The average Bonchev–Trinajstić information content (AvgIpc) is 2.81. The summed E-state index contributed by atoms with van der Waals surface area (Å²) in [5.41, 5.74) is 0.123. The normalized spacial score (nSPS) is 23.0. The Bertz CT molecular complexity index is 508. The van der Waals surface area contributed by atoms with Crippen molar-refractivity contribution < 1.29 is 9.53 Å². The van der Waals surface area contributed by atoms with Crippen LogP contribution in [0.4, 0.5) is 10.5 Å². The Morgan fingerprint density at radius 3 is 2.76 bits per heavy atom. The van der Waals surface area contributed by atoms with Crippen LogP contribution in [0.1, 0.15) is 47.5 Å². The number of rotatable bonds is 4. The van der Waals surface area contributed by atoms with E-state index in [-0.39, 0.29) is 23.3 Å².